The molecule has 0 N–H and O–H groups in total. The van der Waals surface area contributed by atoms with Gasteiger partial charge in [0.25, 0.3) is 0 Å². The molecule has 1 atom stereocenters. The fourth-order valence-electron chi connectivity index (χ4n) is 1.65. The van der Waals surface area contributed by atoms with Crippen molar-refractivity contribution < 1.29 is 4.65 Å². The van der Waals surface area contributed by atoms with Crippen molar-refractivity contribution in [2.45, 2.75) is 38.5 Å². The van der Waals surface area contributed by atoms with Crippen LogP contribution >= 0.6 is 9.24 Å². The monoisotopic (exact) mass is 298 g/mol. The van der Waals surface area contributed by atoms with Crippen molar-refractivity contribution in [3.05, 3.63) is 48.7 Å². The Balaban J connectivity index is 2.13. The van der Waals surface area contributed by atoms with Crippen LogP contribution in [-0.4, -0.2) is 23.2 Å². The van der Waals surface area contributed by atoms with E-state index < -0.39 is 0 Å². The fraction of sp³-hybridized carbons (Fsp3) is 0.353. The molecule has 0 bridgehead atoms. The topological polar surface area (TPSA) is 22.1 Å². The SMILES string of the molecule is CC(C)(P)C(C)(C)O[B]c1ccnc(-c2ccccc2)c1. The number of aromatic nitrogens is 1. The highest BCUT2D eigenvalue weighted by Crippen LogP contribution is 2.33. The molecule has 4 heteroatoms. The van der Waals surface area contributed by atoms with Crippen LogP contribution in [0.1, 0.15) is 27.7 Å². The van der Waals surface area contributed by atoms with Crippen LogP contribution in [0.15, 0.2) is 48.7 Å². The summed E-state index contributed by atoms with van der Waals surface area (Å²) in [6, 6.07) is 14.2. The fourth-order valence-corrected chi connectivity index (χ4v) is 1.72. The van der Waals surface area contributed by atoms with Crippen LogP contribution in [0.4, 0.5) is 0 Å². The zero-order chi connectivity index (χ0) is 15.5. The molecule has 0 aliphatic carbocycles. The first-order valence-corrected chi connectivity index (χ1v) is 7.69. The third-order valence-electron chi connectivity index (χ3n) is 3.89. The van der Waals surface area contributed by atoms with Crippen LogP contribution < -0.4 is 5.46 Å². The Morgan fingerprint density at radius 2 is 1.71 bits per heavy atom. The second-order valence-electron chi connectivity index (χ2n) is 6.31. The largest absolute Gasteiger partial charge is 0.429 e. The Bertz CT molecular complexity index is 593. The summed E-state index contributed by atoms with van der Waals surface area (Å²) in [6.45, 7) is 8.48. The Kier molecular flexibility index (Phi) is 4.86. The lowest BCUT2D eigenvalue weighted by atomic mass is 9.84. The third kappa shape index (κ3) is 4.15. The molecule has 2 rings (SSSR count). The van der Waals surface area contributed by atoms with Crippen molar-refractivity contribution in [3.63, 3.8) is 0 Å². The molecule has 0 aliphatic heterocycles. The van der Waals surface area contributed by atoms with Gasteiger partial charge < -0.3 is 4.65 Å². The molecular weight excluding hydrogens is 276 g/mol. The average molecular weight is 298 g/mol. The van der Waals surface area contributed by atoms with E-state index in [0.29, 0.717) is 0 Å². The van der Waals surface area contributed by atoms with Gasteiger partial charge in [-0.05, 0) is 31.4 Å². The van der Waals surface area contributed by atoms with Crippen LogP contribution in [-0.2, 0) is 4.65 Å². The molecule has 0 amide bonds. The molecule has 0 spiro atoms. The summed E-state index contributed by atoms with van der Waals surface area (Å²) in [4.78, 5) is 4.42. The van der Waals surface area contributed by atoms with Crippen molar-refractivity contribution >= 4 is 22.2 Å². The summed E-state index contributed by atoms with van der Waals surface area (Å²) >= 11 is 0. The molecule has 109 valence electrons. The van der Waals surface area contributed by atoms with E-state index in [-0.39, 0.29) is 10.8 Å². The van der Waals surface area contributed by atoms with Gasteiger partial charge >= 0.3 is 7.48 Å². The van der Waals surface area contributed by atoms with Crippen molar-refractivity contribution in [3.8, 4) is 11.3 Å². The second-order valence-corrected chi connectivity index (χ2v) is 7.75. The lowest BCUT2D eigenvalue weighted by Gasteiger charge is -2.39. The predicted octanol–water partition coefficient (Wildman–Crippen LogP) is 3.44. The first-order valence-electron chi connectivity index (χ1n) is 7.11. The van der Waals surface area contributed by atoms with Crippen LogP contribution in [0.25, 0.3) is 11.3 Å². The molecular formula is C17H22BNOP. The Morgan fingerprint density at radius 3 is 2.33 bits per heavy atom. The molecule has 2 nitrogen and oxygen atoms in total. The maximum Gasteiger partial charge on any atom is 0.330 e. The van der Waals surface area contributed by atoms with E-state index in [1.54, 1.807) is 0 Å². The summed E-state index contributed by atoms with van der Waals surface area (Å²) in [5, 5.41) is -0.0151. The van der Waals surface area contributed by atoms with E-state index in [2.05, 4.69) is 54.1 Å². The van der Waals surface area contributed by atoms with Gasteiger partial charge in [0, 0.05) is 16.9 Å². The van der Waals surface area contributed by atoms with Gasteiger partial charge in [-0.15, -0.1) is 9.24 Å². The van der Waals surface area contributed by atoms with Crippen molar-refractivity contribution in [1.82, 2.24) is 4.98 Å². The maximum absolute atomic E-state index is 6.00. The van der Waals surface area contributed by atoms with Gasteiger partial charge in [0.2, 0.25) is 0 Å². The highest BCUT2D eigenvalue weighted by molar-refractivity contribution is 7.19. The van der Waals surface area contributed by atoms with E-state index in [4.69, 9.17) is 4.65 Å². The zero-order valence-electron chi connectivity index (χ0n) is 13.1. The zero-order valence-corrected chi connectivity index (χ0v) is 14.3. The van der Waals surface area contributed by atoms with Crippen LogP contribution in [0.2, 0.25) is 0 Å². The minimum Gasteiger partial charge on any atom is -0.429 e. The number of hydrogen-bond donors (Lipinski definition) is 0. The average Bonchev–Trinajstić information content (AvgIpc) is 2.45. The molecule has 0 aliphatic rings. The van der Waals surface area contributed by atoms with E-state index >= 15 is 0 Å². The molecule has 1 radical (unpaired) electrons. The molecule has 21 heavy (non-hydrogen) atoms. The Morgan fingerprint density at radius 1 is 1.05 bits per heavy atom. The normalized spacial score (nSPS) is 12.2. The van der Waals surface area contributed by atoms with E-state index in [9.17, 15) is 0 Å². The minimum atomic E-state index is -0.270. The molecule has 0 fully saturated rings. The quantitative estimate of drug-likeness (QED) is 0.623. The lowest BCUT2D eigenvalue weighted by Crippen LogP contribution is -2.45. The summed E-state index contributed by atoms with van der Waals surface area (Å²) in [6.07, 6.45) is 1.82. The number of nitrogens with zero attached hydrogens (tertiary/aromatic N) is 1. The van der Waals surface area contributed by atoms with Crippen molar-refractivity contribution in [2.24, 2.45) is 0 Å². The first kappa shape index (κ1) is 16.2. The van der Waals surface area contributed by atoms with E-state index in [0.717, 1.165) is 16.7 Å². The molecule has 2 aromatic rings. The standard InChI is InChI=1S/C17H22BNOP/c1-16(2,17(3,4)21)20-18-14-10-11-19-15(12-14)13-8-6-5-7-9-13/h5-12H,21H2,1-4H3. The van der Waals surface area contributed by atoms with Gasteiger partial charge in [-0.3, -0.25) is 4.98 Å². The van der Waals surface area contributed by atoms with Crippen molar-refractivity contribution in [1.29, 1.82) is 0 Å². The number of pyridine rings is 1. The van der Waals surface area contributed by atoms with Gasteiger partial charge in [0.1, 0.15) is 0 Å². The van der Waals surface area contributed by atoms with Gasteiger partial charge in [0.15, 0.2) is 0 Å². The molecule has 1 unspecified atom stereocenters. The summed E-state index contributed by atoms with van der Waals surface area (Å²) < 4.78 is 6.00. The molecule has 1 aromatic heterocycles. The smallest absolute Gasteiger partial charge is 0.330 e. The van der Waals surface area contributed by atoms with Gasteiger partial charge in [-0.2, -0.15) is 0 Å². The summed E-state index contributed by atoms with van der Waals surface area (Å²) in [5.74, 6) is 0. The second kappa shape index (κ2) is 6.29. The van der Waals surface area contributed by atoms with Gasteiger partial charge in [0.05, 0.1) is 11.3 Å². The maximum atomic E-state index is 6.00. The van der Waals surface area contributed by atoms with E-state index in [1.165, 1.54) is 0 Å². The van der Waals surface area contributed by atoms with Gasteiger partial charge in [-0.25, -0.2) is 0 Å². The van der Waals surface area contributed by atoms with Crippen LogP contribution in [0.3, 0.4) is 0 Å². The summed E-state index contributed by atoms with van der Waals surface area (Å²) in [7, 11) is 4.66. The first-order chi connectivity index (χ1) is 9.79. The van der Waals surface area contributed by atoms with Gasteiger partial charge in [-0.1, -0.05) is 44.2 Å². The van der Waals surface area contributed by atoms with Crippen LogP contribution in [0.5, 0.6) is 0 Å². The number of hydrogen-bond acceptors (Lipinski definition) is 2. The number of benzene rings is 1. The van der Waals surface area contributed by atoms with Crippen molar-refractivity contribution in [2.75, 3.05) is 0 Å². The molecule has 1 aromatic carbocycles. The highest BCUT2D eigenvalue weighted by atomic mass is 31.0. The number of rotatable bonds is 5. The summed E-state index contributed by atoms with van der Waals surface area (Å²) in [5.41, 5.74) is 2.81. The lowest BCUT2D eigenvalue weighted by molar-refractivity contribution is 0.0841. The minimum absolute atomic E-state index is 0.0151. The Hall–Kier alpha value is -1.18. The van der Waals surface area contributed by atoms with E-state index in [1.807, 2.05) is 44.0 Å². The third-order valence-corrected chi connectivity index (χ3v) is 4.59. The Labute approximate surface area is 130 Å². The van der Waals surface area contributed by atoms with Crippen LogP contribution in [0, 0.1) is 0 Å². The molecule has 1 heterocycles. The molecule has 0 saturated heterocycles. The highest BCUT2D eigenvalue weighted by Gasteiger charge is 2.33. The molecule has 0 saturated carbocycles. The predicted molar refractivity (Wildman–Crippen MR) is 94.0 cm³/mol.